The number of hydrogen-bond acceptors (Lipinski definition) is 4. The van der Waals surface area contributed by atoms with E-state index in [0.717, 1.165) is 20.1 Å². The van der Waals surface area contributed by atoms with Crippen molar-refractivity contribution in [1.82, 2.24) is 14.6 Å². The molecule has 118 valence electrons. The fourth-order valence-corrected chi connectivity index (χ4v) is 3.20. The van der Waals surface area contributed by atoms with Crippen LogP contribution in [0.2, 0.25) is 0 Å². The lowest BCUT2D eigenvalue weighted by Gasteiger charge is -2.05. The molecule has 3 rings (SSSR count). The Morgan fingerprint density at radius 1 is 1.14 bits per heavy atom. The van der Waals surface area contributed by atoms with Crippen molar-refractivity contribution in [2.24, 2.45) is 5.41 Å². The lowest BCUT2D eigenvalue weighted by Crippen LogP contribution is -1.93. The van der Waals surface area contributed by atoms with E-state index in [0.29, 0.717) is 5.41 Å². The first-order chi connectivity index (χ1) is 10.3. The molecule has 0 spiro atoms. The molecule has 0 atom stereocenters. The van der Waals surface area contributed by atoms with Crippen LogP contribution in [-0.2, 0) is 0 Å². The van der Waals surface area contributed by atoms with Crippen LogP contribution < -0.4 is 0 Å². The van der Waals surface area contributed by atoms with E-state index in [4.69, 9.17) is 0 Å². The molecule has 0 fully saturated rings. The van der Waals surface area contributed by atoms with Crippen LogP contribution in [-0.4, -0.2) is 20.9 Å². The van der Waals surface area contributed by atoms with Gasteiger partial charge in [0.2, 0.25) is 4.96 Å². The normalized spacial score (nSPS) is 11.4. The molecular formula is C16H20BrN3S2. The topological polar surface area (TPSA) is 30.2 Å². The van der Waals surface area contributed by atoms with Gasteiger partial charge in [0.25, 0.3) is 0 Å². The molecule has 0 radical (unpaired) electrons. The quantitative estimate of drug-likeness (QED) is 0.497. The Kier molecular flexibility index (Phi) is 5.69. The third-order valence-corrected chi connectivity index (χ3v) is 4.50. The van der Waals surface area contributed by atoms with Crippen LogP contribution in [0.5, 0.6) is 0 Å². The number of benzene rings is 1. The number of hydrogen-bond donors (Lipinski definition) is 0. The van der Waals surface area contributed by atoms with Crippen molar-refractivity contribution in [3.63, 3.8) is 0 Å². The maximum atomic E-state index is 4.54. The summed E-state index contributed by atoms with van der Waals surface area (Å²) in [4.78, 5) is 6.70. The van der Waals surface area contributed by atoms with Gasteiger partial charge in [0.05, 0.1) is 11.9 Å². The maximum Gasteiger partial charge on any atom is 0.213 e. The zero-order chi connectivity index (χ0) is 16.3. The molecule has 0 saturated heterocycles. The first kappa shape index (κ1) is 17.5. The van der Waals surface area contributed by atoms with E-state index in [-0.39, 0.29) is 0 Å². The van der Waals surface area contributed by atoms with Crippen molar-refractivity contribution in [3.05, 3.63) is 34.4 Å². The summed E-state index contributed by atoms with van der Waals surface area (Å²) in [5.41, 5.74) is 2.58. The van der Waals surface area contributed by atoms with Gasteiger partial charge < -0.3 is 0 Å². The minimum absolute atomic E-state index is 0.500. The van der Waals surface area contributed by atoms with Crippen molar-refractivity contribution < 1.29 is 0 Å². The third-order valence-electron chi connectivity index (χ3n) is 2.40. The van der Waals surface area contributed by atoms with E-state index in [1.54, 1.807) is 16.3 Å². The van der Waals surface area contributed by atoms with Gasteiger partial charge in [0, 0.05) is 10.5 Å². The maximum absolute atomic E-state index is 4.54. The van der Waals surface area contributed by atoms with E-state index in [2.05, 4.69) is 84.2 Å². The molecule has 0 saturated carbocycles. The summed E-state index contributed by atoms with van der Waals surface area (Å²) in [6, 6.07) is 8.40. The van der Waals surface area contributed by atoms with Gasteiger partial charge in [-0.1, -0.05) is 51.2 Å². The highest BCUT2D eigenvalue weighted by Crippen LogP contribution is 2.25. The molecule has 2 heterocycles. The number of aromatic nitrogens is 3. The van der Waals surface area contributed by atoms with Crippen molar-refractivity contribution in [3.8, 4) is 11.3 Å². The van der Waals surface area contributed by atoms with Crippen LogP contribution in [0.1, 0.15) is 27.7 Å². The second-order valence-electron chi connectivity index (χ2n) is 6.44. The highest BCUT2D eigenvalue weighted by atomic mass is 79.9. The molecule has 6 heteroatoms. The Bertz CT molecular complexity index is 701. The highest BCUT2D eigenvalue weighted by molar-refractivity contribution is 9.11. The fourth-order valence-electron chi connectivity index (χ4n) is 1.58. The highest BCUT2D eigenvalue weighted by Gasteiger charge is 2.08. The molecule has 0 aliphatic heterocycles. The van der Waals surface area contributed by atoms with Crippen LogP contribution in [0.4, 0.5) is 0 Å². The Balaban J connectivity index is 0.000000309. The molecule has 3 nitrogen and oxygen atoms in total. The summed E-state index contributed by atoms with van der Waals surface area (Å²) in [7, 11) is 0. The number of imidazole rings is 1. The molecule has 2 aromatic heterocycles. The number of rotatable bonds is 2. The van der Waals surface area contributed by atoms with Crippen LogP contribution in [0.15, 0.2) is 39.3 Å². The van der Waals surface area contributed by atoms with E-state index in [1.807, 2.05) is 6.20 Å². The lowest BCUT2D eigenvalue weighted by molar-refractivity contribution is 0.469. The number of nitrogens with zero attached hydrogens (tertiary/aromatic N) is 3. The Morgan fingerprint density at radius 3 is 2.23 bits per heavy atom. The Morgan fingerprint density at radius 2 is 1.73 bits per heavy atom. The molecule has 1 aromatic carbocycles. The van der Waals surface area contributed by atoms with E-state index < -0.39 is 0 Å². The van der Waals surface area contributed by atoms with Crippen LogP contribution in [0.25, 0.3) is 16.2 Å². The second-order valence-corrected chi connectivity index (χ2v) is 9.55. The first-order valence-corrected chi connectivity index (χ1v) is 9.76. The van der Waals surface area contributed by atoms with Gasteiger partial charge in [0.15, 0.2) is 3.92 Å². The standard InChI is InChI=1S/C11H8BrN3S2.C5H12/c1-16-8-4-2-7(3-5-8)9-6-15-11(13-9)17-10(12)14-15;1-5(2,3)4/h2-6H,1H3;1-4H3. The molecular weight excluding hydrogens is 378 g/mol. The van der Waals surface area contributed by atoms with Crippen LogP contribution in [0.3, 0.4) is 0 Å². The van der Waals surface area contributed by atoms with Crippen molar-refractivity contribution in [2.75, 3.05) is 6.26 Å². The lowest BCUT2D eigenvalue weighted by atomic mass is 10.0. The van der Waals surface area contributed by atoms with E-state index >= 15 is 0 Å². The van der Waals surface area contributed by atoms with Crippen molar-refractivity contribution in [1.29, 1.82) is 0 Å². The fraction of sp³-hybridized carbons (Fsp3) is 0.375. The molecule has 0 bridgehead atoms. The zero-order valence-electron chi connectivity index (χ0n) is 13.4. The van der Waals surface area contributed by atoms with Gasteiger partial charge in [-0.15, -0.1) is 16.9 Å². The number of fused-ring (bicyclic) bond motifs is 1. The molecule has 0 aliphatic rings. The zero-order valence-corrected chi connectivity index (χ0v) is 16.6. The van der Waals surface area contributed by atoms with Gasteiger partial charge in [-0.2, -0.15) is 0 Å². The van der Waals surface area contributed by atoms with E-state index in [1.165, 1.54) is 16.2 Å². The van der Waals surface area contributed by atoms with Crippen LogP contribution >= 0.6 is 39.0 Å². The molecule has 3 aromatic rings. The van der Waals surface area contributed by atoms with E-state index in [9.17, 15) is 0 Å². The van der Waals surface area contributed by atoms with Gasteiger partial charge in [-0.25, -0.2) is 9.50 Å². The van der Waals surface area contributed by atoms with Gasteiger partial charge >= 0.3 is 0 Å². The predicted molar refractivity (Wildman–Crippen MR) is 101 cm³/mol. The summed E-state index contributed by atoms with van der Waals surface area (Å²) in [5.74, 6) is 0. The summed E-state index contributed by atoms with van der Waals surface area (Å²) >= 11 is 6.62. The monoisotopic (exact) mass is 397 g/mol. The third kappa shape index (κ3) is 5.11. The summed E-state index contributed by atoms with van der Waals surface area (Å²) < 4.78 is 2.65. The van der Waals surface area contributed by atoms with Gasteiger partial charge in [-0.3, -0.25) is 0 Å². The summed E-state index contributed by atoms with van der Waals surface area (Å²) in [6.07, 6.45) is 4.02. The van der Waals surface area contributed by atoms with Crippen LogP contribution in [0, 0.1) is 5.41 Å². The summed E-state index contributed by atoms with van der Waals surface area (Å²) in [5, 5.41) is 4.28. The predicted octanol–water partition coefficient (Wildman–Crippen LogP) is 5.99. The minimum Gasteiger partial charge on any atom is -0.217 e. The van der Waals surface area contributed by atoms with Gasteiger partial charge in [0.1, 0.15) is 0 Å². The number of thioether (sulfide) groups is 1. The van der Waals surface area contributed by atoms with Crippen molar-refractivity contribution in [2.45, 2.75) is 32.6 Å². The molecule has 0 N–H and O–H groups in total. The summed E-state index contributed by atoms with van der Waals surface area (Å²) in [6.45, 7) is 8.75. The largest absolute Gasteiger partial charge is 0.217 e. The second kappa shape index (κ2) is 7.15. The molecule has 0 aliphatic carbocycles. The first-order valence-electron chi connectivity index (χ1n) is 6.92. The smallest absolute Gasteiger partial charge is 0.213 e. The number of halogens is 1. The SMILES string of the molecule is CC(C)(C)C.CSc1ccc(-c2cn3nc(Br)sc3n2)cc1. The van der Waals surface area contributed by atoms with Gasteiger partial charge in [-0.05, 0) is 39.7 Å². The Labute approximate surface area is 148 Å². The molecule has 22 heavy (non-hydrogen) atoms. The molecule has 0 unspecified atom stereocenters. The molecule has 0 amide bonds. The Hall–Kier alpha value is -0.850. The average molecular weight is 398 g/mol. The van der Waals surface area contributed by atoms with Crippen molar-refractivity contribution >= 4 is 44.0 Å². The minimum atomic E-state index is 0.500. The average Bonchev–Trinajstić information content (AvgIpc) is 2.94.